The first kappa shape index (κ1) is 14.1. The molecule has 0 aromatic carbocycles. The molecule has 1 spiro atoms. The third kappa shape index (κ3) is 3.59. The lowest BCUT2D eigenvalue weighted by Gasteiger charge is -2.29. The molecule has 0 saturated carbocycles. The molecule has 2 amide bonds. The van der Waals surface area contributed by atoms with Gasteiger partial charge in [-0.15, -0.1) is 0 Å². The van der Waals surface area contributed by atoms with E-state index in [0.29, 0.717) is 26.2 Å². The number of hydrogen-bond donors (Lipinski definition) is 2. The number of ether oxygens (including phenoxy) is 1. The Morgan fingerprint density at radius 1 is 1.37 bits per heavy atom. The maximum atomic E-state index is 12.0. The summed E-state index contributed by atoms with van der Waals surface area (Å²) < 4.78 is 5.38. The number of carbonyl (C=O) groups is 2. The fraction of sp³-hybridized carbons (Fsp3) is 0.846. The van der Waals surface area contributed by atoms with Crippen molar-refractivity contribution in [1.29, 1.82) is 0 Å². The van der Waals surface area contributed by atoms with Crippen LogP contribution in [0.2, 0.25) is 0 Å². The van der Waals surface area contributed by atoms with E-state index in [1.807, 2.05) is 20.8 Å². The summed E-state index contributed by atoms with van der Waals surface area (Å²) in [6.07, 6.45) is 1.44. The molecule has 2 aliphatic rings. The van der Waals surface area contributed by atoms with E-state index < -0.39 is 5.60 Å². The van der Waals surface area contributed by atoms with E-state index in [0.717, 1.165) is 12.8 Å². The number of carbonyl (C=O) groups excluding carboxylic acids is 2. The minimum absolute atomic E-state index is 0.0209. The van der Waals surface area contributed by atoms with Gasteiger partial charge in [-0.1, -0.05) is 0 Å². The van der Waals surface area contributed by atoms with E-state index >= 15 is 0 Å². The molecule has 2 saturated heterocycles. The first-order chi connectivity index (χ1) is 8.80. The highest BCUT2D eigenvalue weighted by atomic mass is 16.6. The first-order valence-corrected chi connectivity index (χ1v) is 6.79. The molecule has 2 fully saturated rings. The number of amides is 2. The fourth-order valence-corrected chi connectivity index (χ4v) is 2.56. The Morgan fingerprint density at radius 3 is 2.79 bits per heavy atom. The Kier molecular flexibility index (Phi) is 3.71. The monoisotopic (exact) mass is 269 g/mol. The van der Waals surface area contributed by atoms with Crippen molar-refractivity contribution >= 4 is 12.0 Å². The minimum atomic E-state index is -0.471. The van der Waals surface area contributed by atoms with Gasteiger partial charge in [-0.05, 0) is 33.6 Å². The molecular weight excluding hydrogens is 246 g/mol. The lowest BCUT2D eigenvalue weighted by Crippen LogP contribution is -2.49. The van der Waals surface area contributed by atoms with Crippen LogP contribution in [0.5, 0.6) is 0 Å². The van der Waals surface area contributed by atoms with Crippen LogP contribution in [0.4, 0.5) is 4.79 Å². The predicted octanol–water partition coefficient (Wildman–Crippen LogP) is 0.476. The SMILES string of the molecule is CC(C)(C)OC(=O)N1CCC2(CCNC(=O)CN2)C1. The number of nitrogens with zero attached hydrogens (tertiary/aromatic N) is 1. The molecule has 2 aliphatic heterocycles. The summed E-state index contributed by atoms with van der Waals surface area (Å²) in [4.78, 5) is 25.1. The Labute approximate surface area is 113 Å². The molecule has 0 aromatic heterocycles. The van der Waals surface area contributed by atoms with Gasteiger partial charge in [0.05, 0.1) is 6.54 Å². The molecule has 2 rings (SSSR count). The fourth-order valence-electron chi connectivity index (χ4n) is 2.56. The summed E-state index contributed by atoms with van der Waals surface area (Å²) >= 11 is 0. The van der Waals surface area contributed by atoms with Crippen molar-refractivity contribution in [2.24, 2.45) is 0 Å². The molecule has 0 radical (unpaired) electrons. The lowest BCUT2D eigenvalue weighted by molar-refractivity contribution is -0.119. The van der Waals surface area contributed by atoms with Crippen molar-refractivity contribution in [3.63, 3.8) is 0 Å². The Balaban J connectivity index is 1.95. The zero-order valence-corrected chi connectivity index (χ0v) is 11.9. The lowest BCUT2D eigenvalue weighted by atomic mass is 9.94. The van der Waals surface area contributed by atoms with Gasteiger partial charge in [0.15, 0.2) is 0 Å². The first-order valence-electron chi connectivity index (χ1n) is 6.79. The average molecular weight is 269 g/mol. The molecule has 1 atom stereocenters. The third-order valence-electron chi connectivity index (χ3n) is 3.56. The molecule has 6 nitrogen and oxygen atoms in total. The van der Waals surface area contributed by atoms with Crippen LogP contribution in [0.3, 0.4) is 0 Å². The van der Waals surface area contributed by atoms with Gasteiger partial charge in [0.2, 0.25) is 5.91 Å². The summed E-state index contributed by atoms with van der Waals surface area (Å²) in [7, 11) is 0. The molecule has 6 heteroatoms. The standard InChI is InChI=1S/C13H23N3O3/c1-12(2,3)19-11(18)16-7-5-13(9-16)4-6-14-10(17)8-15-13/h15H,4-9H2,1-3H3,(H,14,17). The van der Waals surface area contributed by atoms with Crippen LogP contribution in [0.1, 0.15) is 33.6 Å². The second kappa shape index (κ2) is 5.00. The van der Waals surface area contributed by atoms with Crippen molar-refractivity contribution in [2.75, 3.05) is 26.2 Å². The van der Waals surface area contributed by atoms with E-state index in [-0.39, 0.29) is 17.5 Å². The summed E-state index contributed by atoms with van der Waals surface area (Å²) in [5.41, 5.74) is -0.614. The van der Waals surface area contributed by atoms with Gasteiger partial charge in [0, 0.05) is 25.2 Å². The predicted molar refractivity (Wildman–Crippen MR) is 70.8 cm³/mol. The van der Waals surface area contributed by atoms with Gasteiger partial charge in [0.25, 0.3) is 0 Å². The van der Waals surface area contributed by atoms with Crippen molar-refractivity contribution in [1.82, 2.24) is 15.5 Å². The summed E-state index contributed by atoms with van der Waals surface area (Å²) in [6, 6.07) is 0. The van der Waals surface area contributed by atoms with E-state index in [1.165, 1.54) is 0 Å². The maximum Gasteiger partial charge on any atom is 0.410 e. The topological polar surface area (TPSA) is 70.7 Å². The Hall–Kier alpha value is -1.30. The molecule has 108 valence electrons. The van der Waals surface area contributed by atoms with Gasteiger partial charge < -0.3 is 20.3 Å². The Bertz CT molecular complexity index is 378. The number of likely N-dealkylation sites (tertiary alicyclic amines) is 1. The summed E-state index contributed by atoms with van der Waals surface area (Å²) in [5.74, 6) is 0.0209. The second-order valence-corrected chi connectivity index (χ2v) is 6.39. The molecule has 1 unspecified atom stereocenters. The summed E-state index contributed by atoms with van der Waals surface area (Å²) in [6.45, 7) is 7.86. The molecular formula is C13H23N3O3. The van der Waals surface area contributed by atoms with Crippen LogP contribution < -0.4 is 10.6 Å². The molecule has 2 N–H and O–H groups in total. The van der Waals surface area contributed by atoms with Crippen LogP contribution in [0, 0.1) is 0 Å². The maximum absolute atomic E-state index is 12.0. The normalized spacial score (nSPS) is 28.2. The van der Waals surface area contributed by atoms with Crippen molar-refractivity contribution < 1.29 is 14.3 Å². The zero-order valence-electron chi connectivity index (χ0n) is 11.9. The Morgan fingerprint density at radius 2 is 2.11 bits per heavy atom. The van der Waals surface area contributed by atoms with E-state index in [9.17, 15) is 9.59 Å². The number of hydrogen-bond acceptors (Lipinski definition) is 4. The van der Waals surface area contributed by atoms with Crippen LogP contribution in [0.25, 0.3) is 0 Å². The van der Waals surface area contributed by atoms with Crippen molar-refractivity contribution in [2.45, 2.75) is 44.8 Å². The number of rotatable bonds is 0. The van der Waals surface area contributed by atoms with E-state index in [2.05, 4.69) is 10.6 Å². The van der Waals surface area contributed by atoms with Gasteiger partial charge >= 0.3 is 6.09 Å². The van der Waals surface area contributed by atoms with Gasteiger partial charge in [0.1, 0.15) is 5.60 Å². The van der Waals surface area contributed by atoms with Gasteiger partial charge in [-0.3, -0.25) is 4.79 Å². The second-order valence-electron chi connectivity index (χ2n) is 6.39. The number of nitrogens with one attached hydrogen (secondary N) is 2. The highest BCUT2D eigenvalue weighted by Gasteiger charge is 2.41. The minimum Gasteiger partial charge on any atom is -0.444 e. The average Bonchev–Trinajstić information content (AvgIpc) is 2.60. The van der Waals surface area contributed by atoms with Crippen LogP contribution in [-0.4, -0.2) is 54.2 Å². The molecule has 0 aliphatic carbocycles. The zero-order chi connectivity index (χ0) is 14.1. The van der Waals surface area contributed by atoms with Crippen LogP contribution >= 0.6 is 0 Å². The quantitative estimate of drug-likeness (QED) is 0.671. The van der Waals surface area contributed by atoms with E-state index in [1.54, 1.807) is 4.90 Å². The molecule has 0 aromatic rings. The molecule has 2 heterocycles. The van der Waals surface area contributed by atoms with Crippen LogP contribution in [0.15, 0.2) is 0 Å². The summed E-state index contributed by atoms with van der Waals surface area (Å²) in [5, 5.41) is 6.13. The van der Waals surface area contributed by atoms with Gasteiger partial charge in [-0.25, -0.2) is 4.79 Å². The molecule has 0 bridgehead atoms. The largest absolute Gasteiger partial charge is 0.444 e. The third-order valence-corrected chi connectivity index (χ3v) is 3.56. The van der Waals surface area contributed by atoms with Crippen molar-refractivity contribution in [3.05, 3.63) is 0 Å². The van der Waals surface area contributed by atoms with Gasteiger partial charge in [-0.2, -0.15) is 0 Å². The van der Waals surface area contributed by atoms with Crippen LogP contribution in [-0.2, 0) is 9.53 Å². The molecule has 19 heavy (non-hydrogen) atoms. The van der Waals surface area contributed by atoms with Crippen molar-refractivity contribution in [3.8, 4) is 0 Å². The van der Waals surface area contributed by atoms with E-state index in [4.69, 9.17) is 4.74 Å². The smallest absolute Gasteiger partial charge is 0.410 e. The highest BCUT2D eigenvalue weighted by Crippen LogP contribution is 2.26. The highest BCUT2D eigenvalue weighted by molar-refractivity contribution is 5.78.